The molecule has 1 unspecified atom stereocenters. The van der Waals surface area contributed by atoms with Crippen molar-refractivity contribution in [2.45, 2.75) is 29.7 Å². The van der Waals surface area contributed by atoms with Crippen LogP contribution in [0.1, 0.15) is 6.23 Å². The number of fused-ring (bicyclic) bond motifs is 2. The monoisotopic (exact) mass is 296 g/mol. The number of ether oxygens (including phenoxy) is 1. The van der Waals surface area contributed by atoms with Crippen LogP contribution in [0.4, 0.5) is 10.2 Å². The molecule has 21 heavy (non-hydrogen) atoms. The van der Waals surface area contributed by atoms with Crippen LogP contribution < -0.4 is 11.5 Å². The Morgan fingerprint density at radius 3 is 2.86 bits per heavy atom. The number of hydrogen-bond acceptors (Lipinski definition) is 8. The number of aliphatic hydroxyl groups is 2. The van der Waals surface area contributed by atoms with Crippen LogP contribution >= 0.6 is 0 Å². The first-order chi connectivity index (χ1) is 9.97. The molecule has 0 radical (unpaired) electrons. The van der Waals surface area contributed by atoms with Gasteiger partial charge in [-0.2, -0.15) is 0 Å². The van der Waals surface area contributed by atoms with E-state index >= 15 is 0 Å². The molecule has 0 spiro atoms. The lowest BCUT2D eigenvalue weighted by Gasteiger charge is -2.21. The van der Waals surface area contributed by atoms with Crippen molar-refractivity contribution in [2.24, 2.45) is 5.73 Å². The van der Waals surface area contributed by atoms with Crippen molar-refractivity contribution >= 4 is 17.0 Å². The molecule has 3 heterocycles. The van der Waals surface area contributed by atoms with E-state index in [1.165, 1.54) is 17.2 Å². The summed E-state index contributed by atoms with van der Waals surface area (Å²) in [6.07, 6.45) is -1.89. The van der Waals surface area contributed by atoms with Crippen LogP contribution in [0.15, 0.2) is 12.7 Å². The normalized spacial score (nSPS) is 41.4. The minimum atomic E-state index is -2.01. The summed E-state index contributed by atoms with van der Waals surface area (Å²) in [6, 6.07) is 0. The van der Waals surface area contributed by atoms with Gasteiger partial charge in [0.05, 0.1) is 6.33 Å². The molecule has 0 aromatic carbocycles. The Kier molecular flexibility index (Phi) is 2.23. The number of alkyl halides is 1. The molecule has 1 aliphatic carbocycles. The van der Waals surface area contributed by atoms with Gasteiger partial charge in [0.25, 0.3) is 0 Å². The van der Waals surface area contributed by atoms with Gasteiger partial charge >= 0.3 is 0 Å². The van der Waals surface area contributed by atoms with Crippen molar-refractivity contribution in [3.8, 4) is 0 Å². The molecular formula is C11H13FN6O3. The Labute approximate surface area is 117 Å². The molecule has 0 bridgehead atoms. The largest absolute Gasteiger partial charge is 0.387 e. The standard InChI is InChI=1S/C11H13FN6O3/c12-5-8(21-10(1-13)9(19)11(5,10)20)18-3-17-4-6(14)15-2-16-7(4)18/h2-3,5,8-9,19-20H,1,13H2,(H2,14,15,16)/t5-,8+,9?,10+,11+/m0/s1. The molecule has 9 nitrogen and oxygen atoms in total. The highest BCUT2D eigenvalue weighted by molar-refractivity contribution is 5.81. The third-order valence-electron chi connectivity index (χ3n) is 4.42. The first-order valence-electron chi connectivity index (χ1n) is 6.33. The molecule has 1 saturated carbocycles. The van der Waals surface area contributed by atoms with Crippen molar-refractivity contribution < 1.29 is 19.3 Å². The zero-order chi connectivity index (χ0) is 15.0. The van der Waals surface area contributed by atoms with Gasteiger partial charge in [0.15, 0.2) is 29.5 Å². The molecule has 6 N–H and O–H groups in total. The second-order valence-corrected chi connectivity index (χ2v) is 5.31. The number of hydrogen-bond donors (Lipinski definition) is 4. The fourth-order valence-electron chi connectivity index (χ4n) is 3.11. The molecule has 1 saturated heterocycles. The zero-order valence-electron chi connectivity index (χ0n) is 10.7. The van der Waals surface area contributed by atoms with Crippen molar-refractivity contribution in [1.29, 1.82) is 0 Å². The fourth-order valence-corrected chi connectivity index (χ4v) is 3.11. The third-order valence-corrected chi connectivity index (χ3v) is 4.42. The van der Waals surface area contributed by atoms with Crippen LogP contribution in [0, 0.1) is 0 Å². The minimum absolute atomic E-state index is 0.157. The zero-order valence-corrected chi connectivity index (χ0v) is 10.7. The summed E-state index contributed by atoms with van der Waals surface area (Å²) in [7, 11) is 0. The van der Waals surface area contributed by atoms with Crippen molar-refractivity contribution in [2.75, 3.05) is 12.3 Å². The van der Waals surface area contributed by atoms with Crippen LogP contribution in [-0.4, -0.2) is 59.8 Å². The van der Waals surface area contributed by atoms with Crippen LogP contribution in [0.5, 0.6) is 0 Å². The third kappa shape index (κ3) is 1.22. The molecule has 4 rings (SSSR count). The number of halogens is 1. The molecule has 2 aromatic rings. The summed E-state index contributed by atoms with van der Waals surface area (Å²) in [6.45, 7) is -0.203. The number of imidazole rings is 1. The molecule has 112 valence electrons. The predicted octanol–water partition coefficient (Wildman–Crippen LogP) is -1.92. The number of aliphatic hydroxyl groups excluding tert-OH is 1. The minimum Gasteiger partial charge on any atom is -0.387 e. The Bertz CT molecular complexity index is 736. The van der Waals surface area contributed by atoms with Gasteiger partial charge in [-0.3, -0.25) is 4.57 Å². The van der Waals surface area contributed by atoms with E-state index < -0.39 is 29.7 Å². The van der Waals surface area contributed by atoms with Crippen LogP contribution in [-0.2, 0) is 4.74 Å². The smallest absolute Gasteiger partial charge is 0.179 e. The highest BCUT2D eigenvalue weighted by Crippen LogP contribution is 2.63. The van der Waals surface area contributed by atoms with Gasteiger partial charge < -0.3 is 26.4 Å². The van der Waals surface area contributed by atoms with Crippen LogP contribution in [0.2, 0.25) is 0 Å². The highest BCUT2D eigenvalue weighted by atomic mass is 19.1. The van der Waals surface area contributed by atoms with E-state index in [1.54, 1.807) is 0 Å². The van der Waals surface area contributed by atoms with Crippen molar-refractivity contribution in [1.82, 2.24) is 19.5 Å². The lowest BCUT2D eigenvalue weighted by molar-refractivity contribution is -0.0867. The average Bonchev–Trinajstić information content (AvgIpc) is 2.82. The van der Waals surface area contributed by atoms with Gasteiger partial charge in [-0.1, -0.05) is 0 Å². The molecular weight excluding hydrogens is 283 g/mol. The first-order valence-corrected chi connectivity index (χ1v) is 6.33. The predicted molar refractivity (Wildman–Crippen MR) is 67.5 cm³/mol. The van der Waals surface area contributed by atoms with Crippen molar-refractivity contribution in [3.05, 3.63) is 12.7 Å². The summed E-state index contributed by atoms with van der Waals surface area (Å²) in [5, 5.41) is 20.0. The van der Waals surface area contributed by atoms with Gasteiger partial charge in [0.2, 0.25) is 0 Å². The van der Waals surface area contributed by atoms with E-state index in [4.69, 9.17) is 16.2 Å². The quantitative estimate of drug-likeness (QED) is 0.501. The van der Waals surface area contributed by atoms with E-state index in [1.807, 2.05) is 0 Å². The Balaban J connectivity index is 1.80. The Morgan fingerprint density at radius 2 is 2.19 bits per heavy atom. The van der Waals surface area contributed by atoms with Gasteiger partial charge in [-0.05, 0) is 0 Å². The number of nitrogens with two attached hydrogens (primary N) is 2. The van der Waals surface area contributed by atoms with Gasteiger partial charge in [0, 0.05) is 6.54 Å². The fraction of sp³-hybridized carbons (Fsp3) is 0.545. The van der Waals surface area contributed by atoms with E-state index in [0.717, 1.165) is 0 Å². The average molecular weight is 296 g/mol. The molecule has 1 aliphatic heterocycles. The topological polar surface area (TPSA) is 145 Å². The maximum Gasteiger partial charge on any atom is 0.179 e. The molecule has 10 heteroatoms. The van der Waals surface area contributed by atoms with Crippen molar-refractivity contribution in [3.63, 3.8) is 0 Å². The molecule has 2 fully saturated rings. The number of rotatable bonds is 2. The maximum atomic E-state index is 14.6. The Hall–Kier alpha value is -1.88. The number of nitrogens with zero attached hydrogens (tertiary/aromatic N) is 4. The summed E-state index contributed by atoms with van der Waals surface area (Å²) >= 11 is 0. The second kappa shape index (κ2) is 3.65. The summed E-state index contributed by atoms with van der Waals surface area (Å²) in [5.74, 6) is 0.157. The number of anilines is 1. The maximum absolute atomic E-state index is 14.6. The van der Waals surface area contributed by atoms with E-state index in [0.29, 0.717) is 5.52 Å². The number of aromatic nitrogens is 4. The lowest BCUT2D eigenvalue weighted by atomic mass is 10.1. The number of nitrogen functional groups attached to an aromatic ring is 1. The van der Waals surface area contributed by atoms with E-state index in [9.17, 15) is 14.6 Å². The van der Waals surface area contributed by atoms with Gasteiger partial charge in [-0.15, -0.1) is 0 Å². The summed E-state index contributed by atoms with van der Waals surface area (Å²) < 4.78 is 21.4. The van der Waals surface area contributed by atoms with E-state index in [2.05, 4.69) is 15.0 Å². The van der Waals surface area contributed by atoms with E-state index in [-0.39, 0.29) is 18.0 Å². The second-order valence-electron chi connectivity index (χ2n) is 5.31. The molecule has 5 atom stereocenters. The Morgan fingerprint density at radius 1 is 1.43 bits per heavy atom. The summed E-state index contributed by atoms with van der Waals surface area (Å²) in [5.41, 5.74) is 8.27. The molecule has 2 aliphatic rings. The summed E-state index contributed by atoms with van der Waals surface area (Å²) in [4.78, 5) is 11.8. The SMILES string of the molecule is NC[C@]12O[C@@H](n3cnc4c(N)ncnc43)[C@H](F)[C@@]1(O)C2O. The molecule has 2 aromatic heterocycles. The lowest BCUT2D eigenvalue weighted by Crippen LogP contribution is -2.33. The van der Waals surface area contributed by atoms with Gasteiger partial charge in [0.1, 0.15) is 23.5 Å². The highest BCUT2D eigenvalue weighted by Gasteiger charge is 2.87. The van der Waals surface area contributed by atoms with Crippen LogP contribution in [0.3, 0.4) is 0 Å². The van der Waals surface area contributed by atoms with Crippen LogP contribution in [0.25, 0.3) is 11.2 Å². The molecule has 0 amide bonds. The van der Waals surface area contributed by atoms with Gasteiger partial charge in [-0.25, -0.2) is 19.3 Å². The first kappa shape index (κ1) is 12.8.